The van der Waals surface area contributed by atoms with E-state index in [0.717, 1.165) is 17.5 Å². The van der Waals surface area contributed by atoms with Gasteiger partial charge in [-0.25, -0.2) is 9.67 Å². The molecule has 1 aliphatic carbocycles. The van der Waals surface area contributed by atoms with Gasteiger partial charge in [0.25, 0.3) is 0 Å². The van der Waals surface area contributed by atoms with Crippen molar-refractivity contribution >= 4 is 5.78 Å². The second-order valence-electron chi connectivity index (χ2n) is 4.01. The number of hydrogen-bond donors (Lipinski definition) is 0. The minimum atomic E-state index is 0.260. The van der Waals surface area contributed by atoms with Crippen molar-refractivity contribution in [2.24, 2.45) is 0 Å². The van der Waals surface area contributed by atoms with Crippen LogP contribution in [-0.4, -0.2) is 20.5 Å². The van der Waals surface area contributed by atoms with E-state index in [9.17, 15) is 4.79 Å². The highest BCUT2D eigenvalue weighted by atomic mass is 16.1. The highest BCUT2D eigenvalue weighted by Gasteiger charge is 2.19. The van der Waals surface area contributed by atoms with Crippen LogP contribution >= 0.6 is 0 Å². The van der Waals surface area contributed by atoms with Gasteiger partial charge >= 0.3 is 0 Å². The number of aromatic nitrogens is 3. The third kappa shape index (κ3) is 1.52. The number of Topliss-reactive ketones (excluding diaryl/α,β-unsaturated/α-hetero) is 1. The molecule has 1 aromatic carbocycles. The van der Waals surface area contributed by atoms with E-state index >= 15 is 0 Å². The Bertz CT molecular complexity index is 531. The van der Waals surface area contributed by atoms with Gasteiger partial charge in [-0.15, -0.1) is 0 Å². The summed E-state index contributed by atoms with van der Waals surface area (Å²) in [6.07, 6.45) is 4.73. The topological polar surface area (TPSA) is 47.8 Å². The zero-order valence-electron chi connectivity index (χ0n) is 8.76. The molecule has 0 N–H and O–H groups in total. The predicted molar refractivity (Wildman–Crippen MR) is 58.2 cm³/mol. The van der Waals surface area contributed by atoms with E-state index in [1.165, 1.54) is 11.9 Å². The molecule has 0 atom stereocenters. The van der Waals surface area contributed by atoms with Crippen molar-refractivity contribution in [1.82, 2.24) is 14.8 Å². The molecule has 4 heteroatoms. The predicted octanol–water partition coefficient (Wildman–Crippen LogP) is 1.46. The molecule has 0 bridgehead atoms. The van der Waals surface area contributed by atoms with Gasteiger partial charge in [0, 0.05) is 12.0 Å². The minimum Gasteiger partial charge on any atom is -0.294 e. The van der Waals surface area contributed by atoms with Crippen LogP contribution in [0.3, 0.4) is 0 Å². The average molecular weight is 213 g/mol. The zero-order valence-corrected chi connectivity index (χ0v) is 8.76. The van der Waals surface area contributed by atoms with Crippen molar-refractivity contribution in [3.63, 3.8) is 0 Å². The highest BCUT2D eigenvalue weighted by molar-refractivity contribution is 6.00. The van der Waals surface area contributed by atoms with Gasteiger partial charge in [-0.1, -0.05) is 12.1 Å². The van der Waals surface area contributed by atoms with E-state index < -0.39 is 0 Å². The molecule has 0 saturated carbocycles. The Hall–Kier alpha value is -1.97. The lowest BCUT2D eigenvalue weighted by Gasteiger charge is -2.03. The summed E-state index contributed by atoms with van der Waals surface area (Å²) in [5.41, 5.74) is 3.16. The first-order valence-electron chi connectivity index (χ1n) is 5.30. The van der Waals surface area contributed by atoms with E-state index in [-0.39, 0.29) is 5.78 Å². The van der Waals surface area contributed by atoms with E-state index in [0.29, 0.717) is 13.0 Å². The molecular weight excluding hydrogens is 202 g/mol. The third-order valence-corrected chi connectivity index (χ3v) is 2.91. The lowest BCUT2D eigenvalue weighted by molar-refractivity contribution is 0.0994. The number of carbonyl (C=O) groups excluding carboxylic acids is 1. The molecule has 0 saturated heterocycles. The first kappa shape index (κ1) is 9.27. The first-order valence-corrected chi connectivity index (χ1v) is 5.30. The fourth-order valence-electron chi connectivity index (χ4n) is 2.08. The molecule has 0 fully saturated rings. The molecule has 4 nitrogen and oxygen atoms in total. The average Bonchev–Trinajstić information content (AvgIpc) is 2.90. The Labute approximate surface area is 92.9 Å². The monoisotopic (exact) mass is 213 g/mol. The van der Waals surface area contributed by atoms with Crippen LogP contribution in [0.2, 0.25) is 0 Å². The van der Waals surface area contributed by atoms with Gasteiger partial charge in [0.2, 0.25) is 0 Å². The lowest BCUT2D eigenvalue weighted by atomic mass is 10.1. The number of rotatable bonds is 2. The molecule has 0 spiro atoms. The number of benzene rings is 1. The summed E-state index contributed by atoms with van der Waals surface area (Å²) in [6.45, 7) is 0.667. The maximum absolute atomic E-state index is 11.6. The summed E-state index contributed by atoms with van der Waals surface area (Å²) in [5, 5.41) is 4.04. The quantitative estimate of drug-likeness (QED) is 0.758. The smallest absolute Gasteiger partial charge is 0.163 e. The van der Waals surface area contributed by atoms with Crippen LogP contribution in [0.5, 0.6) is 0 Å². The van der Waals surface area contributed by atoms with E-state index in [1.54, 1.807) is 11.0 Å². The molecule has 1 aromatic heterocycles. The largest absolute Gasteiger partial charge is 0.294 e. The third-order valence-electron chi connectivity index (χ3n) is 2.91. The maximum atomic E-state index is 11.6. The van der Waals surface area contributed by atoms with Gasteiger partial charge in [0.1, 0.15) is 12.7 Å². The van der Waals surface area contributed by atoms with Crippen molar-refractivity contribution in [2.75, 3.05) is 0 Å². The fourth-order valence-corrected chi connectivity index (χ4v) is 2.08. The summed E-state index contributed by atoms with van der Waals surface area (Å²) in [6, 6.07) is 6.08. The molecule has 80 valence electrons. The van der Waals surface area contributed by atoms with Crippen LogP contribution in [0.1, 0.15) is 27.9 Å². The minimum absolute atomic E-state index is 0.260. The van der Waals surface area contributed by atoms with Crippen molar-refractivity contribution in [3.8, 4) is 0 Å². The number of nitrogens with zero attached hydrogens (tertiary/aromatic N) is 3. The first-order chi connectivity index (χ1) is 7.83. The molecule has 0 radical (unpaired) electrons. The van der Waals surface area contributed by atoms with Crippen molar-refractivity contribution in [3.05, 3.63) is 47.5 Å². The molecular formula is C12H11N3O. The second-order valence-corrected chi connectivity index (χ2v) is 4.01. The Morgan fingerprint density at radius 3 is 3.06 bits per heavy atom. The normalized spacial score (nSPS) is 14.1. The summed E-state index contributed by atoms with van der Waals surface area (Å²) < 4.78 is 1.75. The molecule has 0 unspecified atom stereocenters. The number of fused-ring (bicyclic) bond motifs is 1. The molecule has 0 aliphatic heterocycles. The summed E-state index contributed by atoms with van der Waals surface area (Å²) in [4.78, 5) is 15.5. The van der Waals surface area contributed by atoms with Crippen LogP contribution < -0.4 is 0 Å². The van der Waals surface area contributed by atoms with Crippen molar-refractivity contribution in [1.29, 1.82) is 0 Å². The Morgan fingerprint density at radius 1 is 1.31 bits per heavy atom. The van der Waals surface area contributed by atoms with Gasteiger partial charge in [-0.2, -0.15) is 5.10 Å². The van der Waals surface area contributed by atoms with Gasteiger partial charge in [-0.05, 0) is 23.6 Å². The lowest BCUT2D eigenvalue weighted by Crippen LogP contribution is -2.01. The second kappa shape index (κ2) is 3.56. The van der Waals surface area contributed by atoms with Crippen LogP contribution in [0.4, 0.5) is 0 Å². The summed E-state index contributed by atoms with van der Waals surface area (Å²) >= 11 is 0. The van der Waals surface area contributed by atoms with Crippen LogP contribution in [-0.2, 0) is 13.0 Å². The van der Waals surface area contributed by atoms with Gasteiger partial charge in [0.05, 0.1) is 6.54 Å². The maximum Gasteiger partial charge on any atom is 0.163 e. The Kier molecular flexibility index (Phi) is 2.06. The zero-order chi connectivity index (χ0) is 11.0. The van der Waals surface area contributed by atoms with E-state index in [2.05, 4.69) is 16.1 Å². The van der Waals surface area contributed by atoms with E-state index in [1.807, 2.05) is 12.1 Å². The van der Waals surface area contributed by atoms with Crippen molar-refractivity contribution in [2.45, 2.75) is 19.4 Å². The van der Waals surface area contributed by atoms with Gasteiger partial charge in [0.15, 0.2) is 5.78 Å². The summed E-state index contributed by atoms with van der Waals surface area (Å²) in [7, 11) is 0. The van der Waals surface area contributed by atoms with Crippen LogP contribution in [0.15, 0.2) is 30.9 Å². The molecule has 1 aliphatic rings. The van der Waals surface area contributed by atoms with Gasteiger partial charge < -0.3 is 0 Å². The fraction of sp³-hybridized carbons (Fsp3) is 0.250. The Morgan fingerprint density at radius 2 is 2.25 bits per heavy atom. The molecule has 0 amide bonds. The number of hydrogen-bond acceptors (Lipinski definition) is 3. The number of carbonyl (C=O) groups is 1. The molecule has 16 heavy (non-hydrogen) atoms. The number of aryl methyl sites for hydroxylation is 1. The van der Waals surface area contributed by atoms with Crippen LogP contribution in [0.25, 0.3) is 0 Å². The molecule has 1 heterocycles. The molecule has 2 aromatic rings. The standard InChI is InChI=1S/C12H11N3O/c16-12-4-3-10-2-1-9(5-11(10)12)6-15-8-13-7-14-15/h1-2,5,7-8H,3-4,6H2. The highest BCUT2D eigenvalue weighted by Crippen LogP contribution is 2.23. The summed E-state index contributed by atoms with van der Waals surface area (Å²) in [5.74, 6) is 0.260. The van der Waals surface area contributed by atoms with Crippen LogP contribution in [0, 0.1) is 0 Å². The van der Waals surface area contributed by atoms with Gasteiger partial charge in [-0.3, -0.25) is 4.79 Å². The van der Waals surface area contributed by atoms with E-state index in [4.69, 9.17) is 0 Å². The molecule has 3 rings (SSSR count). The SMILES string of the molecule is O=C1CCc2ccc(Cn3cncn3)cc21. The number of ketones is 1. The Balaban J connectivity index is 1.92. The van der Waals surface area contributed by atoms with Crippen molar-refractivity contribution < 1.29 is 4.79 Å².